The molecule has 0 unspecified atom stereocenters. The van der Waals surface area contributed by atoms with Gasteiger partial charge in [-0.15, -0.1) is 0 Å². The van der Waals surface area contributed by atoms with Gasteiger partial charge in [0.25, 0.3) is 20.2 Å². The van der Waals surface area contributed by atoms with Crippen LogP contribution in [0, 0.1) is 5.92 Å². The molecule has 0 heterocycles. The maximum Gasteiger partial charge on any atom is 0.264 e. The third kappa shape index (κ3) is 16.2. The summed E-state index contributed by atoms with van der Waals surface area (Å²) in [5.41, 5.74) is 0. The first-order valence-corrected chi connectivity index (χ1v) is 10.8. The molecule has 0 rings (SSSR count). The topological polar surface area (TPSA) is 112 Å². The third-order valence-electron chi connectivity index (χ3n) is 3.28. The van der Waals surface area contributed by atoms with E-state index in [0.29, 0.717) is 44.7 Å². The van der Waals surface area contributed by atoms with Crippen molar-refractivity contribution in [3.8, 4) is 0 Å². The lowest BCUT2D eigenvalue weighted by Gasteiger charge is -2.23. The molecule has 0 aromatic rings. The van der Waals surface area contributed by atoms with Crippen LogP contribution in [-0.2, 0) is 20.2 Å². The van der Waals surface area contributed by atoms with Gasteiger partial charge in [0.1, 0.15) is 0 Å². The molecule has 0 atom stereocenters. The molecule has 0 saturated heterocycles. The molecule has 0 saturated carbocycles. The summed E-state index contributed by atoms with van der Waals surface area (Å²) < 4.78 is 60.0. The van der Waals surface area contributed by atoms with E-state index >= 15 is 0 Å². The first-order chi connectivity index (χ1) is 9.99. The molecule has 0 spiro atoms. The van der Waals surface area contributed by atoms with Gasteiger partial charge in [-0.1, -0.05) is 13.8 Å². The molecule has 9 heteroatoms. The highest BCUT2D eigenvalue weighted by molar-refractivity contribution is 7.86. The van der Waals surface area contributed by atoms with E-state index in [2.05, 4.69) is 18.7 Å². The van der Waals surface area contributed by atoms with E-state index in [0.717, 1.165) is 13.0 Å². The second kappa shape index (κ2) is 10.5. The van der Waals surface area contributed by atoms with E-state index < -0.39 is 20.2 Å². The number of rotatable bonds is 13. The lowest BCUT2D eigenvalue weighted by atomic mass is 10.1. The molecule has 2 N–H and O–H groups in total. The van der Waals surface area contributed by atoms with E-state index in [4.69, 9.17) is 9.11 Å². The maximum absolute atomic E-state index is 10.7. The van der Waals surface area contributed by atoms with Crippen molar-refractivity contribution in [3.63, 3.8) is 0 Å². The summed E-state index contributed by atoms with van der Waals surface area (Å²) >= 11 is 0. The molecular formula is C13H29NO6S2. The summed E-state index contributed by atoms with van der Waals surface area (Å²) in [5.74, 6) is 0.0970. The predicted octanol–water partition coefficient (Wildman–Crippen LogP) is 1.67. The quantitative estimate of drug-likeness (QED) is 0.380. The van der Waals surface area contributed by atoms with Gasteiger partial charge in [-0.25, -0.2) is 0 Å². The monoisotopic (exact) mass is 359 g/mol. The molecule has 0 aromatic carbocycles. The Bertz CT molecular complexity index is 447. The lowest BCUT2D eigenvalue weighted by molar-refractivity contribution is 0.250. The van der Waals surface area contributed by atoms with E-state index in [1.807, 2.05) is 0 Å². The molecule has 0 aliphatic rings. The van der Waals surface area contributed by atoms with E-state index in [1.54, 1.807) is 0 Å². The van der Waals surface area contributed by atoms with Gasteiger partial charge >= 0.3 is 0 Å². The minimum absolute atomic E-state index is 0.228. The van der Waals surface area contributed by atoms with Gasteiger partial charge in [0.05, 0.1) is 11.5 Å². The fraction of sp³-hybridized carbons (Fsp3) is 1.00. The Morgan fingerprint density at radius 1 is 0.773 bits per heavy atom. The number of hydrogen-bond acceptors (Lipinski definition) is 5. The fourth-order valence-corrected chi connectivity index (χ4v) is 3.15. The Labute approximate surface area is 134 Å². The first kappa shape index (κ1) is 21.8. The zero-order chi connectivity index (χ0) is 17.2. The Morgan fingerprint density at radius 3 is 1.50 bits per heavy atom. The van der Waals surface area contributed by atoms with E-state index in [1.165, 1.54) is 0 Å². The highest BCUT2D eigenvalue weighted by Crippen LogP contribution is 2.06. The Hall–Kier alpha value is -0.220. The van der Waals surface area contributed by atoms with E-state index in [-0.39, 0.29) is 11.5 Å². The van der Waals surface area contributed by atoms with Crippen LogP contribution < -0.4 is 0 Å². The van der Waals surface area contributed by atoms with Gasteiger partial charge in [0.2, 0.25) is 0 Å². The van der Waals surface area contributed by atoms with Crippen molar-refractivity contribution in [2.24, 2.45) is 5.92 Å². The van der Waals surface area contributed by atoms with Gasteiger partial charge in [0.15, 0.2) is 0 Å². The van der Waals surface area contributed by atoms with Gasteiger partial charge in [-0.2, -0.15) is 16.8 Å². The standard InChI is InChI=1S/C13H29NO6S2/c1-13(2)7-10-14(8-3-5-11-21(15,16)17)9-4-6-12-22(18,19)20/h13H,3-12H2,1-2H3,(H,15,16,17)(H,18,19,20). The average Bonchev–Trinajstić information content (AvgIpc) is 2.32. The lowest BCUT2D eigenvalue weighted by Crippen LogP contribution is -2.28. The van der Waals surface area contributed by atoms with Crippen LogP contribution >= 0.6 is 0 Å². The van der Waals surface area contributed by atoms with Crippen LogP contribution in [-0.4, -0.2) is 62.0 Å². The van der Waals surface area contributed by atoms with Crippen molar-refractivity contribution < 1.29 is 25.9 Å². The summed E-state index contributed by atoms with van der Waals surface area (Å²) in [5, 5.41) is 0. The highest BCUT2D eigenvalue weighted by atomic mass is 32.2. The summed E-state index contributed by atoms with van der Waals surface area (Å²) in [6.07, 6.45) is 3.15. The average molecular weight is 360 g/mol. The third-order valence-corrected chi connectivity index (χ3v) is 4.89. The largest absolute Gasteiger partial charge is 0.303 e. The number of hydrogen-bond donors (Lipinski definition) is 2. The Balaban J connectivity index is 4.08. The minimum atomic E-state index is -3.90. The van der Waals surface area contributed by atoms with Crippen molar-refractivity contribution >= 4 is 20.2 Å². The van der Waals surface area contributed by atoms with Crippen LogP contribution in [0.25, 0.3) is 0 Å². The molecule has 0 bridgehead atoms. The van der Waals surface area contributed by atoms with Gasteiger partial charge in [-0.05, 0) is 57.7 Å². The summed E-state index contributed by atoms with van der Waals surface area (Å²) in [6.45, 7) is 6.54. The van der Waals surface area contributed by atoms with Crippen LogP contribution in [0.5, 0.6) is 0 Å². The summed E-state index contributed by atoms with van der Waals surface area (Å²) in [6, 6.07) is 0. The van der Waals surface area contributed by atoms with Crippen LogP contribution in [0.2, 0.25) is 0 Å². The highest BCUT2D eigenvalue weighted by Gasteiger charge is 2.10. The summed E-state index contributed by atoms with van der Waals surface area (Å²) in [4.78, 5) is 2.17. The first-order valence-electron chi connectivity index (χ1n) is 7.62. The smallest absolute Gasteiger partial charge is 0.264 e. The Morgan fingerprint density at radius 2 is 1.18 bits per heavy atom. The minimum Gasteiger partial charge on any atom is -0.303 e. The molecule has 0 aliphatic carbocycles. The molecule has 22 heavy (non-hydrogen) atoms. The number of nitrogens with zero attached hydrogens (tertiary/aromatic N) is 1. The molecular weight excluding hydrogens is 330 g/mol. The maximum atomic E-state index is 10.7. The Kier molecular flexibility index (Phi) is 10.4. The molecule has 0 amide bonds. The zero-order valence-corrected chi connectivity index (χ0v) is 15.1. The van der Waals surface area contributed by atoms with Crippen molar-refractivity contribution in [2.45, 2.75) is 46.0 Å². The predicted molar refractivity (Wildman–Crippen MR) is 87.2 cm³/mol. The zero-order valence-electron chi connectivity index (χ0n) is 13.4. The molecule has 7 nitrogen and oxygen atoms in total. The van der Waals surface area contributed by atoms with Crippen molar-refractivity contribution in [1.29, 1.82) is 0 Å². The van der Waals surface area contributed by atoms with Gasteiger partial charge < -0.3 is 4.90 Å². The molecule has 134 valence electrons. The van der Waals surface area contributed by atoms with Crippen molar-refractivity contribution in [3.05, 3.63) is 0 Å². The van der Waals surface area contributed by atoms with E-state index in [9.17, 15) is 16.8 Å². The SMILES string of the molecule is CC(C)CCN(CCCCS(=O)(=O)O)CCCCS(=O)(=O)O. The fourth-order valence-electron chi connectivity index (χ4n) is 2.02. The molecule has 0 aliphatic heterocycles. The number of unbranched alkanes of at least 4 members (excludes halogenated alkanes) is 2. The molecule has 0 aromatic heterocycles. The van der Waals surface area contributed by atoms with Crippen molar-refractivity contribution in [2.75, 3.05) is 31.1 Å². The second-order valence-corrected chi connectivity index (χ2v) is 9.15. The van der Waals surface area contributed by atoms with Crippen LogP contribution in [0.1, 0.15) is 46.0 Å². The van der Waals surface area contributed by atoms with Crippen LogP contribution in [0.3, 0.4) is 0 Å². The van der Waals surface area contributed by atoms with Crippen LogP contribution in [0.15, 0.2) is 0 Å². The van der Waals surface area contributed by atoms with Gasteiger partial charge in [0, 0.05) is 0 Å². The summed E-state index contributed by atoms with van der Waals surface area (Å²) in [7, 11) is -7.80. The normalized spacial score (nSPS) is 13.2. The molecule has 0 radical (unpaired) electrons. The molecule has 0 fully saturated rings. The van der Waals surface area contributed by atoms with Gasteiger partial charge in [-0.3, -0.25) is 9.11 Å². The van der Waals surface area contributed by atoms with Crippen molar-refractivity contribution in [1.82, 2.24) is 4.90 Å². The van der Waals surface area contributed by atoms with Crippen LogP contribution in [0.4, 0.5) is 0 Å². The second-order valence-electron chi connectivity index (χ2n) is 6.01.